The van der Waals surface area contributed by atoms with Gasteiger partial charge in [-0.05, 0) is 37.4 Å². The van der Waals surface area contributed by atoms with Crippen LogP contribution in [0.2, 0.25) is 0 Å². The fourth-order valence-electron chi connectivity index (χ4n) is 2.19. The van der Waals surface area contributed by atoms with Crippen molar-refractivity contribution in [1.29, 1.82) is 0 Å². The van der Waals surface area contributed by atoms with E-state index in [0.717, 1.165) is 25.9 Å². The lowest BCUT2D eigenvalue weighted by Gasteiger charge is -2.34. The first-order valence-electron chi connectivity index (χ1n) is 6.27. The van der Waals surface area contributed by atoms with Gasteiger partial charge >= 0.3 is 0 Å². The summed E-state index contributed by atoms with van der Waals surface area (Å²) in [5, 5.41) is 6.23. The number of carbonyl (C=O) groups is 1. The zero-order chi connectivity index (χ0) is 13.0. The molecule has 0 radical (unpaired) electrons. The van der Waals surface area contributed by atoms with E-state index in [1.807, 2.05) is 0 Å². The number of pyridine rings is 1. The van der Waals surface area contributed by atoms with Crippen LogP contribution in [0, 0.1) is 5.41 Å². The van der Waals surface area contributed by atoms with Gasteiger partial charge in [0, 0.05) is 24.4 Å². The van der Waals surface area contributed by atoms with E-state index in [-0.39, 0.29) is 29.3 Å². The summed E-state index contributed by atoms with van der Waals surface area (Å²) >= 11 is 0. The number of rotatable bonds is 3. The molecule has 2 rings (SSSR count). The number of nitrogens with one attached hydrogen (secondary N) is 3. The molecule has 0 saturated carbocycles. The molecule has 6 heteroatoms. The first kappa shape index (κ1) is 15.7. The van der Waals surface area contributed by atoms with E-state index < -0.39 is 0 Å². The molecule has 0 aliphatic carbocycles. The fraction of sp³-hybridized carbons (Fsp3) is 0.538. The Morgan fingerprint density at radius 1 is 1.42 bits per heavy atom. The summed E-state index contributed by atoms with van der Waals surface area (Å²) in [6, 6.07) is 2.93. The van der Waals surface area contributed by atoms with Gasteiger partial charge in [-0.1, -0.05) is 6.92 Å². The zero-order valence-corrected chi connectivity index (χ0v) is 11.8. The number of amides is 1. The van der Waals surface area contributed by atoms with E-state index in [1.54, 1.807) is 6.07 Å². The predicted octanol–water partition coefficient (Wildman–Crippen LogP) is 0.916. The normalized spacial score (nSPS) is 17.3. The van der Waals surface area contributed by atoms with Crippen LogP contribution >= 0.6 is 12.4 Å². The van der Waals surface area contributed by atoms with Crippen molar-refractivity contribution in [3.05, 3.63) is 34.2 Å². The topological polar surface area (TPSA) is 74.0 Å². The molecule has 2 heterocycles. The molecule has 1 fully saturated rings. The summed E-state index contributed by atoms with van der Waals surface area (Å²) in [7, 11) is 0. The van der Waals surface area contributed by atoms with Crippen LogP contribution in [0.25, 0.3) is 0 Å². The number of aromatic nitrogens is 1. The smallest absolute Gasteiger partial charge is 0.251 e. The molecule has 0 bridgehead atoms. The fourth-order valence-corrected chi connectivity index (χ4v) is 2.19. The number of carbonyl (C=O) groups excluding carboxylic acids is 1. The van der Waals surface area contributed by atoms with Crippen LogP contribution in [0.1, 0.15) is 30.1 Å². The highest BCUT2D eigenvalue weighted by Gasteiger charge is 2.27. The Morgan fingerprint density at radius 3 is 2.74 bits per heavy atom. The predicted molar refractivity (Wildman–Crippen MR) is 76.9 cm³/mol. The number of H-pyrrole nitrogens is 1. The highest BCUT2D eigenvalue weighted by molar-refractivity contribution is 5.93. The molecule has 3 N–H and O–H groups in total. The minimum absolute atomic E-state index is 0. The molecule has 1 aromatic rings. The van der Waals surface area contributed by atoms with Gasteiger partial charge in [-0.25, -0.2) is 0 Å². The van der Waals surface area contributed by atoms with E-state index in [0.29, 0.717) is 12.1 Å². The van der Waals surface area contributed by atoms with E-state index in [1.165, 1.54) is 12.3 Å². The minimum Gasteiger partial charge on any atom is -0.351 e. The molecular weight excluding hydrogens is 266 g/mol. The number of aromatic amines is 1. The first-order chi connectivity index (χ1) is 8.59. The molecule has 1 aromatic heterocycles. The first-order valence-corrected chi connectivity index (χ1v) is 6.27. The van der Waals surface area contributed by atoms with Crippen molar-refractivity contribution in [3.63, 3.8) is 0 Å². The standard InChI is InChI=1S/C13H19N3O2.ClH/c1-13(3-6-14-7-4-13)9-16-12(18)10-2-5-15-11(17)8-10;/h2,5,8,14H,3-4,6-7,9H2,1H3,(H,15,17)(H,16,18);1H. The van der Waals surface area contributed by atoms with Crippen molar-refractivity contribution in [3.8, 4) is 0 Å². The lowest BCUT2D eigenvalue weighted by molar-refractivity contribution is 0.0922. The second-order valence-electron chi connectivity index (χ2n) is 5.18. The van der Waals surface area contributed by atoms with Gasteiger partial charge in [0.1, 0.15) is 0 Å². The van der Waals surface area contributed by atoms with Crippen LogP contribution in [0.15, 0.2) is 23.1 Å². The Morgan fingerprint density at radius 2 is 2.11 bits per heavy atom. The summed E-state index contributed by atoms with van der Waals surface area (Å²) in [5.74, 6) is -0.180. The Kier molecular flexibility index (Phi) is 5.57. The molecule has 0 unspecified atom stereocenters. The maximum atomic E-state index is 11.9. The third-order valence-electron chi connectivity index (χ3n) is 3.52. The highest BCUT2D eigenvalue weighted by atomic mass is 35.5. The van der Waals surface area contributed by atoms with Crippen molar-refractivity contribution in [2.75, 3.05) is 19.6 Å². The Labute approximate surface area is 118 Å². The molecule has 5 nitrogen and oxygen atoms in total. The lowest BCUT2D eigenvalue weighted by atomic mass is 9.81. The largest absolute Gasteiger partial charge is 0.351 e. The minimum atomic E-state index is -0.254. The van der Waals surface area contributed by atoms with Gasteiger partial charge in [-0.3, -0.25) is 9.59 Å². The van der Waals surface area contributed by atoms with Gasteiger partial charge in [0.25, 0.3) is 5.91 Å². The van der Waals surface area contributed by atoms with Crippen molar-refractivity contribution in [2.45, 2.75) is 19.8 Å². The van der Waals surface area contributed by atoms with Gasteiger partial charge < -0.3 is 15.6 Å². The van der Waals surface area contributed by atoms with Crippen molar-refractivity contribution in [2.24, 2.45) is 5.41 Å². The van der Waals surface area contributed by atoms with Crippen molar-refractivity contribution < 1.29 is 4.79 Å². The maximum absolute atomic E-state index is 11.9. The average Bonchev–Trinajstić information content (AvgIpc) is 2.37. The van der Waals surface area contributed by atoms with Gasteiger partial charge in [-0.15, -0.1) is 12.4 Å². The lowest BCUT2D eigenvalue weighted by Crippen LogP contribution is -2.43. The number of piperidine rings is 1. The van der Waals surface area contributed by atoms with Crippen LogP contribution in [0.4, 0.5) is 0 Å². The summed E-state index contributed by atoms with van der Waals surface area (Å²) in [6.07, 6.45) is 3.61. The molecule has 0 aromatic carbocycles. The second kappa shape index (κ2) is 6.73. The summed E-state index contributed by atoms with van der Waals surface area (Å²) in [5.41, 5.74) is 0.314. The monoisotopic (exact) mass is 285 g/mol. The van der Waals surface area contributed by atoms with Gasteiger partial charge in [0.15, 0.2) is 0 Å². The van der Waals surface area contributed by atoms with Crippen LogP contribution in [-0.2, 0) is 0 Å². The van der Waals surface area contributed by atoms with Crippen LogP contribution in [-0.4, -0.2) is 30.5 Å². The van der Waals surface area contributed by atoms with Crippen LogP contribution < -0.4 is 16.2 Å². The summed E-state index contributed by atoms with van der Waals surface area (Å²) in [4.78, 5) is 25.5. The molecule has 0 atom stereocenters. The third kappa shape index (κ3) is 4.36. The van der Waals surface area contributed by atoms with Gasteiger partial charge in [0.05, 0.1) is 0 Å². The average molecular weight is 286 g/mol. The Balaban J connectivity index is 0.00000180. The van der Waals surface area contributed by atoms with Gasteiger partial charge in [0.2, 0.25) is 5.56 Å². The molecule has 106 valence electrons. The van der Waals surface area contributed by atoms with Crippen molar-refractivity contribution >= 4 is 18.3 Å². The molecule has 0 spiro atoms. The van der Waals surface area contributed by atoms with Gasteiger partial charge in [-0.2, -0.15) is 0 Å². The second-order valence-corrected chi connectivity index (χ2v) is 5.18. The number of hydrogen-bond donors (Lipinski definition) is 3. The van der Waals surface area contributed by atoms with Crippen molar-refractivity contribution in [1.82, 2.24) is 15.6 Å². The Bertz CT molecular complexity index is 481. The number of hydrogen-bond acceptors (Lipinski definition) is 3. The maximum Gasteiger partial charge on any atom is 0.251 e. The quantitative estimate of drug-likeness (QED) is 0.773. The molecule has 1 amide bonds. The Hall–Kier alpha value is -1.33. The van der Waals surface area contributed by atoms with E-state index in [4.69, 9.17) is 0 Å². The van der Waals surface area contributed by atoms with Crippen LogP contribution in [0.5, 0.6) is 0 Å². The number of halogens is 1. The van der Waals surface area contributed by atoms with E-state index >= 15 is 0 Å². The third-order valence-corrected chi connectivity index (χ3v) is 3.52. The molecular formula is C13H20ClN3O2. The highest BCUT2D eigenvalue weighted by Crippen LogP contribution is 2.26. The SMILES string of the molecule is CC1(CNC(=O)c2cc[nH]c(=O)c2)CCNCC1.Cl. The summed E-state index contributed by atoms with van der Waals surface area (Å²) < 4.78 is 0. The molecule has 1 aliphatic heterocycles. The van der Waals surface area contributed by atoms with Crippen LogP contribution in [0.3, 0.4) is 0 Å². The van der Waals surface area contributed by atoms with E-state index in [2.05, 4.69) is 22.5 Å². The summed E-state index contributed by atoms with van der Waals surface area (Å²) in [6.45, 7) is 4.83. The van der Waals surface area contributed by atoms with E-state index in [9.17, 15) is 9.59 Å². The molecule has 1 saturated heterocycles. The zero-order valence-electron chi connectivity index (χ0n) is 11.0. The molecule has 19 heavy (non-hydrogen) atoms. The molecule has 1 aliphatic rings.